The Morgan fingerprint density at radius 3 is 2.76 bits per heavy atom. The average Bonchev–Trinajstić information content (AvgIpc) is 2.50. The Labute approximate surface area is 138 Å². The lowest BCUT2D eigenvalue weighted by Gasteiger charge is -2.25. The van der Waals surface area contributed by atoms with Crippen LogP contribution < -0.4 is 10.6 Å². The van der Waals surface area contributed by atoms with Crippen molar-refractivity contribution in [3.63, 3.8) is 0 Å². The van der Waals surface area contributed by atoms with Gasteiger partial charge in [-0.25, -0.2) is 0 Å². The van der Waals surface area contributed by atoms with Gasteiger partial charge in [-0.05, 0) is 64.8 Å². The molecule has 2 aromatic rings. The van der Waals surface area contributed by atoms with Crippen molar-refractivity contribution in [2.24, 2.45) is 0 Å². The molecule has 0 aromatic heterocycles. The van der Waals surface area contributed by atoms with Gasteiger partial charge in [0, 0.05) is 15.8 Å². The minimum absolute atomic E-state index is 0.0316. The van der Waals surface area contributed by atoms with E-state index in [9.17, 15) is 4.79 Å². The standard InChI is InChI=1S/C17H17IN2O/c1-11-6-7-14(9-15(11)18)20-17(21)16-8-12-4-2-3-5-13(12)10-19-16/h2-7,9,16,19H,8,10H2,1H3,(H,20,21)/t16-/m0/s1. The fourth-order valence-electron chi connectivity index (χ4n) is 2.54. The molecule has 0 radical (unpaired) electrons. The molecule has 1 aliphatic heterocycles. The monoisotopic (exact) mass is 392 g/mol. The van der Waals surface area contributed by atoms with Crippen molar-refractivity contribution in [2.45, 2.75) is 25.9 Å². The van der Waals surface area contributed by atoms with E-state index < -0.39 is 0 Å². The number of fused-ring (bicyclic) bond motifs is 1. The number of hydrogen-bond acceptors (Lipinski definition) is 2. The van der Waals surface area contributed by atoms with Gasteiger partial charge in [-0.15, -0.1) is 0 Å². The molecule has 2 N–H and O–H groups in total. The van der Waals surface area contributed by atoms with E-state index in [4.69, 9.17) is 0 Å². The highest BCUT2D eigenvalue weighted by Crippen LogP contribution is 2.19. The lowest BCUT2D eigenvalue weighted by atomic mass is 9.95. The highest BCUT2D eigenvalue weighted by molar-refractivity contribution is 14.1. The highest BCUT2D eigenvalue weighted by Gasteiger charge is 2.23. The lowest BCUT2D eigenvalue weighted by Crippen LogP contribution is -2.44. The summed E-state index contributed by atoms with van der Waals surface area (Å²) in [4.78, 5) is 12.4. The third kappa shape index (κ3) is 3.27. The van der Waals surface area contributed by atoms with E-state index in [1.807, 2.05) is 30.3 Å². The number of benzene rings is 2. The molecule has 0 saturated carbocycles. The van der Waals surface area contributed by atoms with Crippen LogP contribution in [0.2, 0.25) is 0 Å². The minimum Gasteiger partial charge on any atom is -0.325 e. The van der Waals surface area contributed by atoms with E-state index in [2.05, 4.69) is 52.3 Å². The molecule has 3 nitrogen and oxygen atoms in total. The van der Waals surface area contributed by atoms with Gasteiger partial charge < -0.3 is 10.6 Å². The Bertz CT molecular complexity index is 684. The van der Waals surface area contributed by atoms with Gasteiger partial charge in [0.2, 0.25) is 5.91 Å². The summed E-state index contributed by atoms with van der Waals surface area (Å²) in [6.45, 7) is 2.81. The van der Waals surface area contributed by atoms with Gasteiger partial charge >= 0.3 is 0 Å². The zero-order valence-electron chi connectivity index (χ0n) is 11.8. The van der Waals surface area contributed by atoms with Crippen molar-refractivity contribution in [1.82, 2.24) is 5.32 Å². The highest BCUT2D eigenvalue weighted by atomic mass is 127. The number of hydrogen-bond donors (Lipinski definition) is 2. The molecule has 108 valence electrons. The lowest BCUT2D eigenvalue weighted by molar-refractivity contribution is -0.118. The second kappa shape index (κ2) is 6.15. The summed E-state index contributed by atoms with van der Waals surface area (Å²) >= 11 is 2.28. The van der Waals surface area contributed by atoms with E-state index >= 15 is 0 Å². The Hall–Kier alpha value is -1.40. The first kappa shape index (κ1) is 14.5. The molecule has 0 saturated heterocycles. The summed E-state index contributed by atoms with van der Waals surface area (Å²) < 4.78 is 1.16. The maximum atomic E-state index is 12.4. The number of aryl methyl sites for hydroxylation is 1. The van der Waals surface area contributed by atoms with Crippen LogP contribution in [0.15, 0.2) is 42.5 Å². The van der Waals surface area contributed by atoms with Crippen LogP contribution in [0, 0.1) is 10.5 Å². The van der Waals surface area contributed by atoms with Crippen molar-refractivity contribution in [2.75, 3.05) is 5.32 Å². The van der Waals surface area contributed by atoms with Crippen molar-refractivity contribution in [3.8, 4) is 0 Å². The molecule has 0 unspecified atom stereocenters. The summed E-state index contributed by atoms with van der Waals surface area (Å²) in [5, 5.41) is 6.31. The number of anilines is 1. The SMILES string of the molecule is Cc1ccc(NC(=O)[C@@H]2Cc3ccccc3CN2)cc1I. The van der Waals surface area contributed by atoms with Crippen LogP contribution in [0.5, 0.6) is 0 Å². The van der Waals surface area contributed by atoms with Gasteiger partial charge in [0.05, 0.1) is 6.04 Å². The molecule has 0 fully saturated rings. The zero-order valence-corrected chi connectivity index (χ0v) is 14.0. The Balaban J connectivity index is 1.70. The molecule has 2 aromatic carbocycles. The van der Waals surface area contributed by atoms with Crippen molar-refractivity contribution >= 4 is 34.2 Å². The van der Waals surface area contributed by atoms with Crippen LogP contribution in [-0.2, 0) is 17.8 Å². The summed E-state index contributed by atoms with van der Waals surface area (Å²) in [7, 11) is 0. The van der Waals surface area contributed by atoms with E-state index in [1.54, 1.807) is 0 Å². The van der Waals surface area contributed by atoms with Crippen molar-refractivity contribution in [1.29, 1.82) is 0 Å². The number of carbonyl (C=O) groups excluding carboxylic acids is 1. The van der Waals surface area contributed by atoms with Crippen LogP contribution in [0.4, 0.5) is 5.69 Å². The Morgan fingerprint density at radius 1 is 1.24 bits per heavy atom. The molecule has 1 amide bonds. The summed E-state index contributed by atoms with van der Waals surface area (Å²) in [6.07, 6.45) is 0.741. The molecular weight excluding hydrogens is 375 g/mol. The normalized spacial score (nSPS) is 17.1. The third-order valence-corrected chi connectivity index (χ3v) is 5.00. The van der Waals surface area contributed by atoms with Crippen LogP contribution in [0.25, 0.3) is 0 Å². The van der Waals surface area contributed by atoms with Crippen LogP contribution >= 0.6 is 22.6 Å². The predicted molar refractivity (Wildman–Crippen MR) is 93.3 cm³/mol. The largest absolute Gasteiger partial charge is 0.325 e. The van der Waals surface area contributed by atoms with E-state index in [1.165, 1.54) is 16.7 Å². The first-order chi connectivity index (χ1) is 10.1. The summed E-state index contributed by atoms with van der Waals surface area (Å²) in [5.41, 5.74) is 4.62. The molecule has 0 aliphatic carbocycles. The number of carbonyl (C=O) groups is 1. The maximum Gasteiger partial charge on any atom is 0.241 e. The number of nitrogens with one attached hydrogen (secondary N) is 2. The Morgan fingerprint density at radius 2 is 2.00 bits per heavy atom. The second-order valence-electron chi connectivity index (χ2n) is 5.36. The summed E-state index contributed by atoms with van der Waals surface area (Å²) in [6, 6.07) is 14.1. The molecule has 21 heavy (non-hydrogen) atoms. The smallest absolute Gasteiger partial charge is 0.241 e. The van der Waals surface area contributed by atoms with Crippen LogP contribution in [-0.4, -0.2) is 11.9 Å². The number of amides is 1. The maximum absolute atomic E-state index is 12.4. The topological polar surface area (TPSA) is 41.1 Å². The first-order valence-electron chi connectivity index (χ1n) is 7.00. The first-order valence-corrected chi connectivity index (χ1v) is 8.08. The van der Waals surface area contributed by atoms with Gasteiger partial charge in [0.25, 0.3) is 0 Å². The average molecular weight is 392 g/mol. The minimum atomic E-state index is -0.168. The summed E-state index contributed by atoms with van der Waals surface area (Å²) in [5.74, 6) is 0.0316. The molecule has 1 atom stereocenters. The fourth-order valence-corrected chi connectivity index (χ4v) is 3.05. The van der Waals surface area contributed by atoms with E-state index in [0.29, 0.717) is 0 Å². The molecule has 1 heterocycles. The van der Waals surface area contributed by atoms with Gasteiger partial charge in [0.15, 0.2) is 0 Å². The predicted octanol–water partition coefficient (Wildman–Crippen LogP) is 3.25. The molecule has 3 rings (SSSR count). The van der Waals surface area contributed by atoms with Crippen molar-refractivity contribution < 1.29 is 4.79 Å². The van der Waals surface area contributed by atoms with Gasteiger partial charge in [-0.1, -0.05) is 30.3 Å². The van der Waals surface area contributed by atoms with Crippen LogP contribution in [0.3, 0.4) is 0 Å². The number of halogens is 1. The molecule has 4 heteroatoms. The molecule has 0 spiro atoms. The molecule has 1 aliphatic rings. The molecule has 0 bridgehead atoms. The van der Waals surface area contributed by atoms with Crippen LogP contribution in [0.1, 0.15) is 16.7 Å². The van der Waals surface area contributed by atoms with E-state index in [0.717, 1.165) is 22.2 Å². The fraction of sp³-hybridized carbons (Fsp3) is 0.235. The van der Waals surface area contributed by atoms with E-state index in [-0.39, 0.29) is 11.9 Å². The van der Waals surface area contributed by atoms with Gasteiger partial charge in [0.1, 0.15) is 0 Å². The number of rotatable bonds is 2. The van der Waals surface area contributed by atoms with Gasteiger partial charge in [-0.2, -0.15) is 0 Å². The Kier molecular flexibility index (Phi) is 4.26. The second-order valence-corrected chi connectivity index (χ2v) is 6.52. The zero-order chi connectivity index (χ0) is 14.8. The third-order valence-electron chi connectivity index (χ3n) is 3.84. The quantitative estimate of drug-likeness (QED) is 0.771. The van der Waals surface area contributed by atoms with Gasteiger partial charge in [-0.3, -0.25) is 4.79 Å². The molecular formula is C17H17IN2O. The van der Waals surface area contributed by atoms with Crippen molar-refractivity contribution in [3.05, 3.63) is 62.7 Å².